The molecule has 0 aliphatic carbocycles. The van der Waals surface area contributed by atoms with Gasteiger partial charge in [-0.15, -0.1) is 0 Å². The highest BCUT2D eigenvalue weighted by Crippen LogP contribution is 2.44. The van der Waals surface area contributed by atoms with Crippen molar-refractivity contribution in [3.05, 3.63) is 60.9 Å². The van der Waals surface area contributed by atoms with E-state index in [1.54, 1.807) is 0 Å². The molecule has 0 saturated carbocycles. The van der Waals surface area contributed by atoms with Crippen molar-refractivity contribution in [2.24, 2.45) is 0 Å². The molecule has 128 valence electrons. The zero-order chi connectivity index (χ0) is 17.3. The lowest BCUT2D eigenvalue weighted by Crippen LogP contribution is -2.07. The van der Waals surface area contributed by atoms with Crippen LogP contribution in [0.25, 0.3) is 32.9 Å². The van der Waals surface area contributed by atoms with E-state index >= 15 is 0 Å². The number of nitrogens with zero attached hydrogens (tertiary/aromatic N) is 2. The predicted octanol–water partition coefficient (Wildman–Crippen LogP) is 5.00. The molecule has 0 radical (unpaired) electrons. The van der Waals surface area contributed by atoms with Gasteiger partial charge in [0.1, 0.15) is 11.5 Å². The third-order valence-electron chi connectivity index (χ3n) is 4.78. The Morgan fingerprint density at radius 3 is 1.62 bits per heavy atom. The van der Waals surface area contributed by atoms with Crippen molar-refractivity contribution < 1.29 is 9.47 Å². The zero-order valence-electron chi connectivity index (χ0n) is 14.3. The molecule has 0 saturated heterocycles. The van der Waals surface area contributed by atoms with Crippen molar-refractivity contribution in [1.29, 1.82) is 0 Å². The topological polar surface area (TPSA) is 44.2 Å². The van der Waals surface area contributed by atoms with E-state index in [0.717, 1.165) is 57.3 Å². The second-order valence-corrected chi connectivity index (χ2v) is 6.43. The Kier molecular flexibility index (Phi) is 3.67. The van der Waals surface area contributed by atoms with E-state index in [9.17, 15) is 0 Å². The molecule has 3 heterocycles. The molecule has 4 aromatic rings. The highest BCUT2D eigenvalue weighted by molar-refractivity contribution is 6.07. The second-order valence-electron chi connectivity index (χ2n) is 6.43. The van der Waals surface area contributed by atoms with Gasteiger partial charge in [-0.25, -0.2) is 0 Å². The number of hydrogen-bond donors (Lipinski definition) is 0. The maximum Gasteiger partial charge on any atom is 0.129 e. The fraction of sp³-hybridized carbons (Fsp3) is 0.182. The number of aromatic nitrogens is 2. The predicted molar refractivity (Wildman–Crippen MR) is 103 cm³/mol. The SMILES string of the molecule is c1cnc2c3c(ccc2c1)OCCCCOc1ccc2cccnc2c1-3. The fourth-order valence-electron chi connectivity index (χ4n) is 3.55. The van der Waals surface area contributed by atoms with E-state index in [1.165, 1.54) is 0 Å². The maximum atomic E-state index is 6.15. The van der Waals surface area contributed by atoms with Crippen LogP contribution >= 0.6 is 0 Å². The van der Waals surface area contributed by atoms with Gasteiger partial charge in [-0.3, -0.25) is 9.97 Å². The Bertz CT molecular complexity index is 1020. The summed E-state index contributed by atoms with van der Waals surface area (Å²) in [6.45, 7) is 1.34. The minimum Gasteiger partial charge on any atom is -0.493 e. The Morgan fingerprint density at radius 2 is 1.12 bits per heavy atom. The molecule has 5 rings (SSSR count). The smallest absolute Gasteiger partial charge is 0.129 e. The van der Waals surface area contributed by atoms with Crippen LogP contribution in [0.15, 0.2) is 60.9 Å². The first-order chi connectivity index (χ1) is 12.9. The van der Waals surface area contributed by atoms with Gasteiger partial charge in [0.05, 0.1) is 35.4 Å². The summed E-state index contributed by atoms with van der Waals surface area (Å²) in [5, 5.41) is 2.15. The fourth-order valence-corrected chi connectivity index (χ4v) is 3.55. The molecule has 4 nitrogen and oxygen atoms in total. The average molecular weight is 342 g/mol. The summed E-state index contributed by atoms with van der Waals surface area (Å²) >= 11 is 0. The number of hydrogen-bond acceptors (Lipinski definition) is 4. The van der Waals surface area contributed by atoms with E-state index < -0.39 is 0 Å². The molecule has 1 aliphatic rings. The monoisotopic (exact) mass is 342 g/mol. The van der Waals surface area contributed by atoms with Crippen LogP contribution in [0.5, 0.6) is 11.5 Å². The summed E-state index contributed by atoms with van der Waals surface area (Å²) in [6.07, 6.45) is 5.56. The van der Waals surface area contributed by atoms with Crippen molar-refractivity contribution in [2.75, 3.05) is 13.2 Å². The lowest BCUT2D eigenvalue weighted by molar-refractivity contribution is 0.264. The van der Waals surface area contributed by atoms with Crippen LogP contribution in [0.4, 0.5) is 0 Å². The van der Waals surface area contributed by atoms with Gasteiger partial charge < -0.3 is 9.47 Å². The first kappa shape index (κ1) is 15.1. The molecule has 0 atom stereocenters. The van der Waals surface area contributed by atoms with Gasteiger partial charge in [0.15, 0.2) is 0 Å². The van der Waals surface area contributed by atoms with E-state index in [-0.39, 0.29) is 0 Å². The van der Waals surface area contributed by atoms with Crippen LogP contribution in [0.1, 0.15) is 12.8 Å². The normalized spacial score (nSPS) is 14.2. The lowest BCUT2D eigenvalue weighted by Gasteiger charge is -2.20. The number of pyridine rings is 2. The zero-order valence-corrected chi connectivity index (χ0v) is 14.3. The molecule has 0 fully saturated rings. The molecule has 0 bridgehead atoms. The third kappa shape index (κ3) is 2.46. The van der Waals surface area contributed by atoms with Crippen molar-refractivity contribution >= 4 is 21.8 Å². The van der Waals surface area contributed by atoms with Crippen molar-refractivity contribution in [1.82, 2.24) is 9.97 Å². The lowest BCUT2D eigenvalue weighted by atomic mass is 9.97. The van der Waals surface area contributed by atoms with Gasteiger partial charge in [-0.1, -0.05) is 12.1 Å². The van der Waals surface area contributed by atoms with Gasteiger partial charge in [-0.05, 0) is 49.2 Å². The van der Waals surface area contributed by atoms with Crippen LogP contribution in [0, 0.1) is 0 Å². The minimum atomic E-state index is 0.669. The second kappa shape index (κ2) is 6.30. The van der Waals surface area contributed by atoms with E-state index in [0.29, 0.717) is 13.2 Å². The van der Waals surface area contributed by atoms with Crippen molar-refractivity contribution in [3.63, 3.8) is 0 Å². The molecular weight excluding hydrogens is 324 g/mol. The molecule has 0 amide bonds. The number of benzene rings is 2. The Morgan fingerprint density at radius 1 is 0.615 bits per heavy atom. The Hall–Kier alpha value is -3.14. The average Bonchev–Trinajstić information content (AvgIpc) is 2.70. The Labute approximate surface area is 151 Å². The van der Waals surface area contributed by atoms with Crippen LogP contribution in [0.3, 0.4) is 0 Å². The van der Waals surface area contributed by atoms with Crippen LogP contribution in [-0.4, -0.2) is 23.2 Å². The summed E-state index contributed by atoms with van der Waals surface area (Å²) in [4.78, 5) is 9.33. The Balaban J connectivity index is 1.93. The van der Waals surface area contributed by atoms with Gasteiger partial charge >= 0.3 is 0 Å². The van der Waals surface area contributed by atoms with E-state index in [4.69, 9.17) is 9.47 Å². The summed E-state index contributed by atoms with van der Waals surface area (Å²) in [5.41, 5.74) is 3.75. The summed E-state index contributed by atoms with van der Waals surface area (Å²) < 4.78 is 12.3. The molecule has 0 spiro atoms. The van der Waals surface area contributed by atoms with Crippen LogP contribution in [0.2, 0.25) is 0 Å². The van der Waals surface area contributed by atoms with E-state index in [1.807, 2.05) is 36.7 Å². The molecule has 0 N–H and O–H groups in total. The van der Waals surface area contributed by atoms with Gasteiger partial charge in [0, 0.05) is 23.2 Å². The van der Waals surface area contributed by atoms with Gasteiger partial charge in [0.2, 0.25) is 0 Å². The first-order valence-electron chi connectivity index (χ1n) is 8.93. The molecular formula is C22H18N2O2. The van der Waals surface area contributed by atoms with Gasteiger partial charge in [0.25, 0.3) is 0 Å². The van der Waals surface area contributed by atoms with Crippen LogP contribution < -0.4 is 9.47 Å². The van der Waals surface area contributed by atoms with Crippen LogP contribution in [-0.2, 0) is 0 Å². The molecule has 2 aromatic heterocycles. The quantitative estimate of drug-likeness (QED) is 0.451. The van der Waals surface area contributed by atoms with Gasteiger partial charge in [-0.2, -0.15) is 0 Å². The van der Waals surface area contributed by atoms with E-state index in [2.05, 4.69) is 34.2 Å². The molecule has 26 heavy (non-hydrogen) atoms. The standard InChI is InChI=1S/C22H18N2O2/c1-2-14-26-18-10-8-16-6-4-12-24-22(16)20(18)19-17(25-13-1)9-7-15-5-3-11-23-21(15)19/h3-12H,1-2,13-14H2. The number of rotatable bonds is 0. The van der Waals surface area contributed by atoms with Crippen molar-refractivity contribution in [3.8, 4) is 22.6 Å². The highest BCUT2D eigenvalue weighted by Gasteiger charge is 2.21. The number of fused-ring (bicyclic) bond motifs is 7. The summed E-state index contributed by atoms with van der Waals surface area (Å²) in [6, 6.07) is 16.2. The minimum absolute atomic E-state index is 0.669. The molecule has 4 heteroatoms. The highest BCUT2D eigenvalue weighted by atomic mass is 16.5. The largest absolute Gasteiger partial charge is 0.493 e. The summed E-state index contributed by atoms with van der Waals surface area (Å²) in [7, 11) is 0. The molecule has 2 aromatic carbocycles. The summed E-state index contributed by atoms with van der Waals surface area (Å²) in [5.74, 6) is 1.67. The molecule has 1 aliphatic heterocycles. The third-order valence-corrected chi connectivity index (χ3v) is 4.78. The first-order valence-corrected chi connectivity index (χ1v) is 8.93. The van der Waals surface area contributed by atoms with Crippen molar-refractivity contribution in [2.45, 2.75) is 12.8 Å². The maximum absolute atomic E-state index is 6.15. The number of ether oxygens (including phenoxy) is 2. The molecule has 0 unspecified atom stereocenters.